The Balaban J connectivity index is 1.70. The molecule has 3 nitrogen and oxygen atoms in total. The number of hydrogen-bond acceptors (Lipinski definition) is 4. The fourth-order valence-corrected chi connectivity index (χ4v) is 9.16. The van der Waals surface area contributed by atoms with Gasteiger partial charge >= 0.3 is 0 Å². The first-order chi connectivity index (χ1) is 12.0. The Bertz CT molecular complexity index is 802. The van der Waals surface area contributed by atoms with Gasteiger partial charge in [-0.1, -0.05) is 53.0 Å². The third kappa shape index (κ3) is 5.15. The number of nitrogens with one attached hydrogen (secondary N) is 1. The Labute approximate surface area is 157 Å². The number of halogens is 1. The maximum Gasteiger partial charge on any atom is 0.154 e. The van der Waals surface area contributed by atoms with E-state index in [9.17, 15) is 9.90 Å². The highest BCUT2D eigenvalue weighted by molar-refractivity contribution is 8.68. The molecule has 0 bridgehead atoms. The number of hydrogen-bond donors (Lipinski definition) is 2. The van der Waals surface area contributed by atoms with E-state index in [-0.39, 0.29) is 17.6 Å². The smallest absolute Gasteiger partial charge is 0.154 e. The number of Topliss-reactive ketones (excluding diaryl/α,β-unsaturated/α-hetero) is 1. The molecule has 0 aliphatic heterocycles. The molecule has 0 radical (unpaired) electrons. The van der Waals surface area contributed by atoms with E-state index in [2.05, 4.69) is 5.09 Å². The molecular formula is C19H21ClNO2PS. The summed E-state index contributed by atoms with van der Waals surface area (Å²) in [6.07, 6.45) is 2.45. The third-order valence-electron chi connectivity index (χ3n) is 4.01. The second-order valence-corrected chi connectivity index (χ2v) is 13.1. The van der Waals surface area contributed by atoms with Crippen LogP contribution in [0.4, 0.5) is 0 Å². The van der Waals surface area contributed by atoms with Gasteiger partial charge in [-0.3, -0.25) is 9.88 Å². The number of rotatable bonds is 7. The zero-order valence-electron chi connectivity index (χ0n) is 14.0. The first kappa shape index (κ1) is 18.6. The molecule has 2 aromatic carbocycles. The summed E-state index contributed by atoms with van der Waals surface area (Å²) in [5, 5.41) is 14.2. The van der Waals surface area contributed by atoms with Gasteiger partial charge in [0.2, 0.25) is 0 Å². The maximum absolute atomic E-state index is 12.6. The van der Waals surface area contributed by atoms with Crippen molar-refractivity contribution in [3.63, 3.8) is 0 Å². The van der Waals surface area contributed by atoms with Crippen LogP contribution in [0, 0.1) is 0 Å². The molecule has 0 saturated heterocycles. The predicted octanol–water partition coefficient (Wildman–Crippen LogP) is 5.24. The van der Waals surface area contributed by atoms with Crippen LogP contribution >= 0.6 is 28.2 Å². The van der Waals surface area contributed by atoms with Crippen molar-refractivity contribution >= 4 is 39.3 Å². The third-order valence-corrected chi connectivity index (χ3v) is 10.8. The van der Waals surface area contributed by atoms with Crippen molar-refractivity contribution in [3.05, 3.63) is 60.2 Å². The van der Waals surface area contributed by atoms with Crippen molar-refractivity contribution in [2.75, 3.05) is 0 Å². The SMILES string of the molecule is CC(NP(Cl)(Sc1ccc(O)cc1)=C1CC1)C(=O)Cc1ccccc1. The topological polar surface area (TPSA) is 49.3 Å². The highest BCUT2D eigenvalue weighted by Crippen LogP contribution is 2.69. The zero-order chi connectivity index (χ0) is 17.9. The molecule has 1 saturated carbocycles. The monoisotopic (exact) mass is 393 g/mol. The molecule has 1 aliphatic rings. The molecular weight excluding hydrogens is 373 g/mol. The van der Waals surface area contributed by atoms with Crippen LogP contribution in [0.1, 0.15) is 25.3 Å². The minimum absolute atomic E-state index is 0.142. The second-order valence-electron chi connectivity index (χ2n) is 6.16. The molecule has 6 heteroatoms. The number of benzene rings is 2. The summed E-state index contributed by atoms with van der Waals surface area (Å²) < 4.78 is 0. The van der Waals surface area contributed by atoms with Gasteiger partial charge in [-0.05, 0) is 54.9 Å². The summed E-state index contributed by atoms with van der Waals surface area (Å²) in [6, 6.07) is 16.5. The van der Waals surface area contributed by atoms with E-state index < -0.39 is 5.59 Å². The van der Waals surface area contributed by atoms with Gasteiger partial charge in [0.05, 0.1) is 11.6 Å². The summed E-state index contributed by atoms with van der Waals surface area (Å²) in [5.41, 5.74) is -1.11. The average molecular weight is 394 g/mol. The number of ketones is 1. The normalized spacial score (nSPS) is 17.0. The molecule has 2 N–H and O–H groups in total. The van der Waals surface area contributed by atoms with Gasteiger partial charge in [-0.15, -0.1) is 0 Å². The first-order valence-electron chi connectivity index (χ1n) is 8.23. The fraction of sp³-hybridized carbons (Fsp3) is 0.263. The molecule has 3 rings (SSSR count). The molecule has 25 heavy (non-hydrogen) atoms. The Morgan fingerprint density at radius 1 is 1.20 bits per heavy atom. The van der Waals surface area contributed by atoms with Crippen LogP contribution in [0.5, 0.6) is 5.75 Å². The Morgan fingerprint density at radius 2 is 1.84 bits per heavy atom. The van der Waals surface area contributed by atoms with Gasteiger partial charge in [0.25, 0.3) is 0 Å². The van der Waals surface area contributed by atoms with Crippen LogP contribution < -0.4 is 5.09 Å². The minimum atomic E-state index is -2.13. The van der Waals surface area contributed by atoms with Gasteiger partial charge in [-0.25, -0.2) is 0 Å². The predicted molar refractivity (Wildman–Crippen MR) is 109 cm³/mol. The summed E-state index contributed by atoms with van der Waals surface area (Å²) in [5.74, 6) is 0.380. The largest absolute Gasteiger partial charge is 0.508 e. The second kappa shape index (κ2) is 8.01. The number of phenols is 1. The summed E-state index contributed by atoms with van der Waals surface area (Å²) >= 11 is 8.55. The molecule has 0 aromatic heterocycles. The van der Waals surface area contributed by atoms with Gasteiger partial charge in [0.1, 0.15) is 5.75 Å². The van der Waals surface area contributed by atoms with Crippen molar-refractivity contribution < 1.29 is 9.90 Å². The van der Waals surface area contributed by atoms with Crippen LogP contribution in [0.2, 0.25) is 0 Å². The molecule has 0 heterocycles. The molecule has 2 aromatic rings. The van der Waals surface area contributed by atoms with Crippen molar-refractivity contribution in [2.24, 2.45) is 0 Å². The molecule has 1 aliphatic carbocycles. The summed E-state index contributed by atoms with van der Waals surface area (Å²) in [6.45, 7) is 1.89. The lowest BCUT2D eigenvalue weighted by Crippen LogP contribution is -2.31. The van der Waals surface area contributed by atoms with Gasteiger partial charge in [0.15, 0.2) is 5.78 Å². The standard InChI is InChI=1S/C19H21ClNO2PS/c1-14(19(23)13-15-5-3-2-4-6-15)21-24(20,17-9-10-17)25-18-11-7-16(22)8-12-18/h2-8,11-12,14,21-22H,9-10,13H2,1H3. The van der Waals surface area contributed by atoms with E-state index in [0.717, 1.165) is 23.3 Å². The van der Waals surface area contributed by atoms with Gasteiger partial charge in [-0.2, -0.15) is 0 Å². The van der Waals surface area contributed by atoms with E-state index in [1.807, 2.05) is 49.4 Å². The Hall–Kier alpha value is -1.19. The fourth-order valence-electron chi connectivity index (χ4n) is 2.45. The lowest BCUT2D eigenvalue weighted by molar-refractivity contribution is -0.119. The van der Waals surface area contributed by atoms with E-state index in [1.54, 1.807) is 23.5 Å². The van der Waals surface area contributed by atoms with Crippen LogP contribution in [-0.4, -0.2) is 22.2 Å². The maximum atomic E-state index is 12.6. The summed E-state index contributed by atoms with van der Waals surface area (Å²) in [4.78, 5) is 13.6. The van der Waals surface area contributed by atoms with Gasteiger partial charge < -0.3 is 5.11 Å². The molecule has 132 valence electrons. The highest BCUT2D eigenvalue weighted by Gasteiger charge is 2.31. The van der Waals surface area contributed by atoms with Crippen LogP contribution in [-0.2, 0) is 11.2 Å². The van der Waals surface area contributed by atoms with Crippen molar-refractivity contribution in [3.8, 4) is 5.75 Å². The van der Waals surface area contributed by atoms with Crippen molar-refractivity contribution in [2.45, 2.75) is 37.1 Å². The molecule has 2 unspecified atom stereocenters. The van der Waals surface area contributed by atoms with Crippen molar-refractivity contribution in [1.29, 1.82) is 0 Å². The molecule has 0 spiro atoms. The Kier molecular flexibility index (Phi) is 5.96. The Morgan fingerprint density at radius 3 is 2.44 bits per heavy atom. The number of carbonyl (C=O) groups is 1. The minimum Gasteiger partial charge on any atom is -0.508 e. The van der Waals surface area contributed by atoms with Crippen LogP contribution in [0.3, 0.4) is 0 Å². The lowest BCUT2D eigenvalue weighted by Gasteiger charge is -2.24. The lowest BCUT2D eigenvalue weighted by atomic mass is 10.1. The van der Waals surface area contributed by atoms with E-state index in [1.165, 1.54) is 5.29 Å². The number of aromatic hydroxyl groups is 1. The van der Waals surface area contributed by atoms with E-state index in [4.69, 9.17) is 11.2 Å². The molecule has 1 fully saturated rings. The molecule has 0 amide bonds. The quantitative estimate of drug-likeness (QED) is 0.631. The van der Waals surface area contributed by atoms with Crippen LogP contribution in [0.25, 0.3) is 0 Å². The van der Waals surface area contributed by atoms with E-state index >= 15 is 0 Å². The molecule has 2 atom stereocenters. The highest BCUT2D eigenvalue weighted by atomic mass is 35.7. The van der Waals surface area contributed by atoms with Crippen LogP contribution in [0.15, 0.2) is 59.5 Å². The van der Waals surface area contributed by atoms with Crippen molar-refractivity contribution in [1.82, 2.24) is 5.09 Å². The number of carbonyl (C=O) groups excluding carboxylic acids is 1. The number of phenolic OH excluding ortho intramolecular Hbond substituents is 1. The van der Waals surface area contributed by atoms with E-state index in [0.29, 0.717) is 6.42 Å². The first-order valence-corrected chi connectivity index (χ1v) is 12.3. The average Bonchev–Trinajstić information content (AvgIpc) is 3.43. The zero-order valence-corrected chi connectivity index (χ0v) is 16.5. The summed E-state index contributed by atoms with van der Waals surface area (Å²) in [7, 11) is 0. The van der Waals surface area contributed by atoms with Gasteiger partial charge in [0, 0.05) is 11.3 Å².